The molecule has 4 heteroatoms. The number of nitrogens with two attached hydrogens (primary N) is 1. The first-order valence-corrected chi connectivity index (χ1v) is 7.74. The number of carbonyl (C=O) groups is 1. The SMILES string of the molecule is NC(=O)c1ccccc1CNCc1cc2c(s1)CCC2. The molecule has 0 saturated heterocycles. The number of aryl methyl sites for hydroxylation is 2. The van der Waals surface area contributed by atoms with Gasteiger partial charge in [-0.1, -0.05) is 18.2 Å². The number of rotatable bonds is 5. The summed E-state index contributed by atoms with van der Waals surface area (Å²) in [4.78, 5) is 14.3. The van der Waals surface area contributed by atoms with E-state index in [9.17, 15) is 4.79 Å². The molecule has 0 spiro atoms. The summed E-state index contributed by atoms with van der Waals surface area (Å²) in [7, 11) is 0. The van der Waals surface area contributed by atoms with Gasteiger partial charge in [0.25, 0.3) is 0 Å². The molecule has 20 heavy (non-hydrogen) atoms. The summed E-state index contributed by atoms with van der Waals surface area (Å²) in [5, 5.41) is 3.40. The van der Waals surface area contributed by atoms with Crippen LogP contribution in [0, 0.1) is 0 Å². The highest BCUT2D eigenvalue weighted by Crippen LogP contribution is 2.30. The smallest absolute Gasteiger partial charge is 0.249 e. The third-order valence-electron chi connectivity index (χ3n) is 3.70. The number of benzene rings is 1. The fourth-order valence-corrected chi connectivity index (χ4v) is 3.94. The van der Waals surface area contributed by atoms with E-state index in [2.05, 4.69) is 11.4 Å². The lowest BCUT2D eigenvalue weighted by atomic mass is 10.1. The Hall–Kier alpha value is -1.65. The maximum absolute atomic E-state index is 11.3. The predicted molar refractivity (Wildman–Crippen MR) is 81.8 cm³/mol. The summed E-state index contributed by atoms with van der Waals surface area (Å²) >= 11 is 1.91. The van der Waals surface area contributed by atoms with Crippen molar-refractivity contribution in [2.75, 3.05) is 0 Å². The van der Waals surface area contributed by atoms with E-state index in [0.29, 0.717) is 12.1 Å². The van der Waals surface area contributed by atoms with Crippen LogP contribution in [-0.2, 0) is 25.9 Å². The third-order valence-corrected chi connectivity index (χ3v) is 4.93. The van der Waals surface area contributed by atoms with Crippen LogP contribution in [0.15, 0.2) is 30.3 Å². The molecule has 3 rings (SSSR count). The van der Waals surface area contributed by atoms with Crippen molar-refractivity contribution in [3.8, 4) is 0 Å². The Balaban J connectivity index is 1.61. The Bertz CT molecular complexity index is 612. The fourth-order valence-electron chi connectivity index (χ4n) is 2.71. The van der Waals surface area contributed by atoms with Gasteiger partial charge < -0.3 is 11.1 Å². The molecular formula is C16H18N2OS. The lowest BCUT2D eigenvalue weighted by Crippen LogP contribution is -2.18. The number of nitrogens with one attached hydrogen (secondary N) is 1. The van der Waals surface area contributed by atoms with Crippen LogP contribution < -0.4 is 11.1 Å². The van der Waals surface area contributed by atoms with E-state index in [1.54, 1.807) is 10.9 Å². The zero-order valence-electron chi connectivity index (χ0n) is 11.3. The van der Waals surface area contributed by atoms with E-state index >= 15 is 0 Å². The van der Waals surface area contributed by atoms with Crippen molar-refractivity contribution in [2.24, 2.45) is 5.73 Å². The summed E-state index contributed by atoms with van der Waals surface area (Å²) in [5.74, 6) is -0.363. The molecule has 0 radical (unpaired) electrons. The topological polar surface area (TPSA) is 55.1 Å². The van der Waals surface area contributed by atoms with E-state index in [-0.39, 0.29) is 5.91 Å². The average molecular weight is 286 g/mol. The minimum absolute atomic E-state index is 0.363. The highest BCUT2D eigenvalue weighted by molar-refractivity contribution is 7.12. The average Bonchev–Trinajstić information content (AvgIpc) is 3.00. The first-order valence-electron chi connectivity index (χ1n) is 6.93. The molecule has 1 heterocycles. The Labute approximate surface area is 122 Å². The highest BCUT2D eigenvalue weighted by atomic mass is 32.1. The minimum Gasteiger partial charge on any atom is -0.366 e. The first-order chi connectivity index (χ1) is 9.74. The zero-order valence-corrected chi connectivity index (χ0v) is 12.1. The first kappa shape index (κ1) is 13.3. The van der Waals surface area contributed by atoms with Crippen molar-refractivity contribution in [3.05, 3.63) is 56.8 Å². The van der Waals surface area contributed by atoms with Crippen LogP contribution in [0.25, 0.3) is 0 Å². The van der Waals surface area contributed by atoms with Crippen molar-refractivity contribution in [1.82, 2.24) is 5.32 Å². The van der Waals surface area contributed by atoms with Gasteiger partial charge in [0.05, 0.1) is 0 Å². The lowest BCUT2D eigenvalue weighted by molar-refractivity contribution is 0.0999. The van der Waals surface area contributed by atoms with Crippen LogP contribution in [0.3, 0.4) is 0 Å². The molecule has 3 nitrogen and oxygen atoms in total. The minimum atomic E-state index is -0.363. The van der Waals surface area contributed by atoms with Gasteiger partial charge in [0.2, 0.25) is 5.91 Å². The van der Waals surface area contributed by atoms with Crippen molar-refractivity contribution in [1.29, 1.82) is 0 Å². The molecule has 2 aromatic rings. The van der Waals surface area contributed by atoms with E-state index < -0.39 is 0 Å². The van der Waals surface area contributed by atoms with Gasteiger partial charge >= 0.3 is 0 Å². The van der Waals surface area contributed by atoms with E-state index in [1.807, 2.05) is 29.5 Å². The molecule has 0 unspecified atom stereocenters. The van der Waals surface area contributed by atoms with Crippen molar-refractivity contribution < 1.29 is 4.79 Å². The van der Waals surface area contributed by atoms with Crippen LogP contribution in [0.1, 0.15) is 37.7 Å². The standard InChI is InChI=1S/C16H18N2OS/c17-16(19)14-6-2-1-4-12(14)9-18-10-13-8-11-5-3-7-15(11)20-13/h1-2,4,6,8,18H,3,5,7,9-10H2,(H2,17,19). The highest BCUT2D eigenvalue weighted by Gasteiger charge is 2.14. The summed E-state index contributed by atoms with van der Waals surface area (Å²) in [6, 6.07) is 9.82. The van der Waals surface area contributed by atoms with Crippen LogP contribution in [0.4, 0.5) is 0 Å². The number of carbonyl (C=O) groups excluding carboxylic acids is 1. The van der Waals surface area contributed by atoms with E-state index in [1.165, 1.54) is 29.7 Å². The van der Waals surface area contributed by atoms with Gasteiger partial charge in [-0.15, -0.1) is 11.3 Å². The van der Waals surface area contributed by atoms with Crippen LogP contribution >= 0.6 is 11.3 Å². The molecular weight excluding hydrogens is 268 g/mol. The lowest BCUT2D eigenvalue weighted by Gasteiger charge is -2.07. The molecule has 0 fully saturated rings. The zero-order chi connectivity index (χ0) is 13.9. The van der Waals surface area contributed by atoms with Gasteiger partial charge in [0.1, 0.15) is 0 Å². The van der Waals surface area contributed by atoms with Crippen LogP contribution in [0.2, 0.25) is 0 Å². The largest absolute Gasteiger partial charge is 0.366 e. The number of thiophene rings is 1. The normalized spacial score (nSPS) is 13.4. The van der Waals surface area contributed by atoms with Gasteiger partial charge in [-0.3, -0.25) is 4.79 Å². The number of primary amides is 1. The molecule has 1 aliphatic rings. The maximum atomic E-state index is 11.3. The number of hydrogen-bond donors (Lipinski definition) is 2. The predicted octanol–water partition coefficient (Wildman–Crippen LogP) is 2.63. The molecule has 1 amide bonds. The molecule has 0 atom stereocenters. The van der Waals surface area contributed by atoms with Crippen molar-refractivity contribution >= 4 is 17.2 Å². The van der Waals surface area contributed by atoms with Crippen LogP contribution in [0.5, 0.6) is 0 Å². The molecule has 3 N–H and O–H groups in total. The Morgan fingerprint density at radius 3 is 2.90 bits per heavy atom. The Kier molecular flexibility index (Phi) is 3.85. The molecule has 1 aromatic heterocycles. The van der Waals surface area contributed by atoms with Crippen molar-refractivity contribution in [2.45, 2.75) is 32.4 Å². The quantitative estimate of drug-likeness (QED) is 0.887. The van der Waals surface area contributed by atoms with Gasteiger partial charge in [-0.05, 0) is 42.5 Å². The third kappa shape index (κ3) is 2.76. The summed E-state index contributed by atoms with van der Waals surface area (Å²) < 4.78 is 0. The second-order valence-electron chi connectivity index (χ2n) is 5.14. The van der Waals surface area contributed by atoms with Gasteiger partial charge in [-0.2, -0.15) is 0 Å². The number of amides is 1. The van der Waals surface area contributed by atoms with Crippen molar-refractivity contribution in [3.63, 3.8) is 0 Å². The fraction of sp³-hybridized carbons (Fsp3) is 0.312. The second-order valence-corrected chi connectivity index (χ2v) is 6.36. The Morgan fingerprint density at radius 2 is 2.10 bits per heavy atom. The van der Waals surface area contributed by atoms with E-state index in [4.69, 9.17) is 5.73 Å². The van der Waals surface area contributed by atoms with Gasteiger partial charge in [-0.25, -0.2) is 0 Å². The molecule has 0 saturated carbocycles. The van der Waals surface area contributed by atoms with E-state index in [0.717, 1.165) is 12.1 Å². The maximum Gasteiger partial charge on any atom is 0.249 e. The number of fused-ring (bicyclic) bond motifs is 1. The molecule has 1 aliphatic carbocycles. The van der Waals surface area contributed by atoms with Gasteiger partial charge in [0.15, 0.2) is 0 Å². The van der Waals surface area contributed by atoms with Gasteiger partial charge in [0, 0.05) is 28.4 Å². The van der Waals surface area contributed by atoms with Crippen LogP contribution in [-0.4, -0.2) is 5.91 Å². The molecule has 0 aliphatic heterocycles. The molecule has 1 aromatic carbocycles. The summed E-state index contributed by atoms with van der Waals surface area (Å²) in [6.45, 7) is 1.52. The molecule has 104 valence electrons. The number of hydrogen-bond acceptors (Lipinski definition) is 3. The Morgan fingerprint density at radius 1 is 1.25 bits per heavy atom. The summed E-state index contributed by atoms with van der Waals surface area (Å²) in [5.41, 5.74) is 8.48. The molecule has 0 bridgehead atoms. The summed E-state index contributed by atoms with van der Waals surface area (Å²) in [6.07, 6.45) is 3.78. The monoisotopic (exact) mass is 286 g/mol. The second kappa shape index (κ2) is 5.77.